The fourth-order valence-electron chi connectivity index (χ4n) is 2.78. The van der Waals surface area contributed by atoms with E-state index in [0.29, 0.717) is 12.3 Å². The van der Waals surface area contributed by atoms with E-state index in [1.807, 2.05) is 29.2 Å². The van der Waals surface area contributed by atoms with Crippen LogP contribution in [-0.4, -0.2) is 48.7 Å². The number of benzene rings is 1. The number of hydrogen-bond donors (Lipinski definition) is 1. The average Bonchev–Trinajstić information content (AvgIpc) is 2.87. The molecule has 1 saturated heterocycles. The van der Waals surface area contributed by atoms with Crippen LogP contribution in [0.3, 0.4) is 0 Å². The molecule has 0 radical (unpaired) electrons. The van der Waals surface area contributed by atoms with Gasteiger partial charge in [0.05, 0.1) is 20.1 Å². The zero-order chi connectivity index (χ0) is 15.2. The Labute approximate surface area is 124 Å². The van der Waals surface area contributed by atoms with Gasteiger partial charge in [0.2, 0.25) is 0 Å². The van der Waals surface area contributed by atoms with Gasteiger partial charge in [0, 0.05) is 6.54 Å². The third-order valence-electron chi connectivity index (χ3n) is 3.85. The average molecular weight is 291 g/mol. The van der Waals surface area contributed by atoms with E-state index in [1.165, 1.54) is 12.7 Å². The summed E-state index contributed by atoms with van der Waals surface area (Å²) in [5.74, 6) is -0.485. The Morgan fingerprint density at radius 1 is 1.29 bits per heavy atom. The number of nitrogens with zero attached hydrogens (tertiary/aromatic N) is 1. The van der Waals surface area contributed by atoms with E-state index in [2.05, 4.69) is 4.74 Å². The van der Waals surface area contributed by atoms with Gasteiger partial charge >= 0.3 is 11.9 Å². The Bertz CT molecular complexity index is 498. The van der Waals surface area contributed by atoms with E-state index in [1.54, 1.807) is 0 Å². The van der Waals surface area contributed by atoms with Crippen molar-refractivity contribution in [3.05, 3.63) is 35.4 Å². The molecule has 1 N–H and O–H groups in total. The van der Waals surface area contributed by atoms with Gasteiger partial charge in [-0.05, 0) is 36.4 Å². The highest BCUT2D eigenvalue weighted by atomic mass is 16.5. The maximum atomic E-state index is 11.2. The SMILES string of the molecule is COC(=O)Cc1ccc(CC2CCN(CC(=O)O)C2)cc1. The molecular weight excluding hydrogens is 270 g/mol. The summed E-state index contributed by atoms with van der Waals surface area (Å²) in [5, 5.41) is 8.79. The fraction of sp³-hybridized carbons (Fsp3) is 0.500. The second-order valence-electron chi connectivity index (χ2n) is 5.56. The van der Waals surface area contributed by atoms with Crippen molar-refractivity contribution >= 4 is 11.9 Å². The van der Waals surface area contributed by atoms with Crippen LogP contribution in [0.15, 0.2) is 24.3 Å². The molecule has 1 atom stereocenters. The molecule has 1 heterocycles. The number of methoxy groups -OCH3 is 1. The Hall–Kier alpha value is -1.88. The Kier molecular flexibility index (Phi) is 5.33. The van der Waals surface area contributed by atoms with Crippen molar-refractivity contribution in [2.24, 2.45) is 5.92 Å². The second kappa shape index (κ2) is 7.22. The first-order chi connectivity index (χ1) is 10.1. The normalized spacial score (nSPS) is 18.6. The summed E-state index contributed by atoms with van der Waals surface area (Å²) < 4.78 is 4.64. The lowest BCUT2D eigenvalue weighted by atomic mass is 9.97. The van der Waals surface area contributed by atoms with Crippen LogP contribution in [-0.2, 0) is 27.2 Å². The summed E-state index contributed by atoms with van der Waals surface area (Å²) >= 11 is 0. The van der Waals surface area contributed by atoms with E-state index in [0.717, 1.165) is 31.5 Å². The highest BCUT2D eigenvalue weighted by Gasteiger charge is 2.23. The predicted molar refractivity (Wildman–Crippen MR) is 78.0 cm³/mol. The Morgan fingerprint density at radius 3 is 2.57 bits per heavy atom. The van der Waals surface area contributed by atoms with Crippen molar-refractivity contribution in [2.45, 2.75) is 19.3 Å². The zero-order valence-electron chi connectivity index (χ0n) is 12.2. The highest BCUT2D eigenvalue weighted by Crippen LogP contribution is 2.21. The van der Waals surface area contributed by atoms with Crippen LogP contribution in [0, 0.1) is 5.92 Å². The number of likely N-dealkylation sites (tertiary alicyclic amines) is 1. The van der Waals surface area contributed by atoms with E-state index in [9.17, 15) is 9.59 Å². The lowest BCUT2D eigenvalue weighted by Gasteiger charge is -2.13. The van der Waals surface area contributed by atoms with Crippen LogP contribution in [0.2, 0.25) is 0 Å². The highest BCUT2D eigenvalue weighted by molar-refractivity contribution is 5.72. The van der Waals surface area contributed by atoms with Crippen molar-refractivity contribution in [1.82, 2.24) is 4.90 Å². The summed E-state index contributed by atoms with van der Waals surface area (Å²) in [6.45, 7) is 1.84. The lowest BCUT2D eigenvalue weighted by molar-refractivity contribution is -0.140. The molecule has 2 rings (SSSR count). The van der Waals surface area contributed by atoms with Gasteiger partial charge in [-0.2, -0.15) is 0 Å². The maximum Gasteiger partial charge on any atom is 0.317 e. The molecular formula is C16H21NO4. The first-order valence-electron chi connectivity index (χ1n) is 7.15. The molecule has 1 fully saturated rings. The molecule has 0 aliphatic carbocycles. The minimum Gasteiger partial charge on any atom is -0.480 e. The Balaban J connectivity index is 1.84. The second-order valence-corrected chi connectivity index (χ2v) is 5.56. The van der Waals surface area contributed by atoms with Crippen LogP contribution in [0.4, 0.5) is 0 Å². The zero-order valence-corrected chi connectivity index (χ0v) is 12.2. The number of carboxylic acid groups (broad SMARTS) is 1. The topological polar surface area (TPSA) is 66.8 Å². The molecule has 0 bridgehead atoms. The predicted octanol–water partition coefficient (Wildman–Crippen LogP) is 1.35. The van der Waals surface area contributed by atoms with Crippen molar-refractivity contribution in [3.8, 4) is 0 Å². The first-order valence-corrected chi connectivity index (χ1v) is 7.15. The smallest absolute Gasteiger partial charge is 0.317 e. The van der Waals surface area contributed by atoms with Crippen molar-refractivity contribution in [3.63, 3.8) is 0 Å². The number of esters is 1. The molecule has 1 aliphatic rings. The maximum absolute atomic E-state index is 11.2. The Morgan fingerprint density at radius 2 is 1.95 bits per heavy atom. The number of carbonyl (C=O) groups is 2. The van der Waals surface area contributed by atoms with Gasteiger partial charge in [0.25, 0.3) is 0 Å². The van der Waals surface area contributed by atoms with Gasteiger partial charge in [-0.25, -0.2) is 0 Å². The summed E-state index contributed by atoms with van der Waals surface area (Å²) in [6.07, 6.45) is 2.29. The van der Waals surface area contributed by atoms with Crippen LogP contribution in [0.1, 0.15) is 17.5 Å². The van der Waals surface area contributed by atoms with E-state index in [-0.39, 0.29) is 12.5 Å². The number of rotatable bonds is 6. The van der Waals surface area contributed by atoms with E-state index in [4.69, 9.17) is 5.11 Å². The van der Waals surface area contributed by atoms with Crippen LogP contribution in [0.25, 0.3) is 0 Å². The van der Waals surface area contributed by atoms with Crippen molar-refractivity contribution < 1.29 is 19.4 Å². The van der Waals surface area contributed by atoms with Gasteiger partial charge < -0.3 is 9.84 Å². The van der Waals surface area contributed by atoms with Crippen molar-refractivity contribution in [1.29, 1.82) is 0 Å². The molecule has 1 unspecified atom stereocenters. The molecule has 0 amide bonds. The van der Waals surface area contributed by atoms with Gasteiger partial charge in [-0.3, -0.25) is 14.5 Å². The molecule has 0 aromatic heterocycles. The third kappa shape index (κ3) is 4.86. The molecule has 1 aliphatic heterocycles. The number of carboxylic acids is 1. The van der Waals surface area contributed by atoms with Crippen LogP contribution >= 0.6 is 0 Å². The lowest BCUT2D eigenvalue weighted by Crippen LogP contribution is -2.27. The van der Waals surface area contributed by atoms with Gasteiger partial charge in [0.1, 0.15) is 0 Å². The van der Waals surface area contributed by atoms with Gasteiger partial charge in [-0.1, -0.05) is 24.3 Å². The number of hydrogen-bond acceptors (Lipinski definition) is 4. The number of ether oxygens (including phenoxy) is 1. The summed E-state index contributed by atoms with van der Waals surface area (Å²) in [5.41, 5.74) is 2.18. The molecule has 5 heteroatoms. The first kappa shape index (κ1) is 15.5. The monoisotopic (exact) mass is 291 g/mol. The third-order valence-corrected chi connectivity index (χ3v) is 3.85. The standard InChI is InChI=1S/C16H21NO4/c1-21-16(20)9-13-4-2-12(3-5-13)8-14-6-7-17(10-14)11-15(18)19/h2-5,14H,6-11H2,1H3,(H,18,19). The largest absolute Gasteiger partial charge is 0.480 e. The molecule has 114 valence electrons. The number of carbonyl (C=O) groups excluding carboxylic acids is 1. The number of aliphatic carboxylic acids is 1. The fourth-order valence-corrected chi connectivity index (χ4v) is 2.78. The van der Waals surface area contributed by atoms with Crippen LogP contribution < -0.4 is 0 Å². The summed E-state index contributed by atoms with van der Waals surface area (Å²) in [7, 11) is 1.39. The molecule has 5 nitrogen and oxygen atoms in total. The van der Waals surface area contributed by atoms with E-state index < -0.39 is 5.97 Å². The minimum absolute atomic E-state index is 0.133. The van der Waals surface area contributed by atoms with Crippen molar-refractivity contribution in [2.75, 3.05) is 26.7 Å². The van der Waals surface area contributed by atoms with E-state index >= 15 is 0 Å². The minimum atomic E-state index is -0.761. The van der Waals surface area contributed by atoms with Gasteiger partial charge in [-0.15, -0.1) is 0 Å². The van der Waals surface area contributed by atoms with Crippen LogP contribution in [0.5, 0.6) is 0 Å². The molecule has 0 spiro atoms. The quantitative estimate of drug-likeness (QED) is 0.801. The molecule has 1 aromatic carbocycles. The summed E-state index contributed by atoms with van der Waals surface area (Å²) in [4.78, 5) is 23.9. The molecule has 21 heavy (non-hydrogen) atoms. The molecule has 0 saturated carbocycles. The van der Waals surface area contributed by atoms with Gasteiger partial charge in [0.15, 0.2) is 0 Å². The molecule has 1 aromatic rings. The summed E-state index contributed by atoms with van der Waals surface area (Å²) in [6, 6.07) is 7.99.